The van der Waals surface area contributed by atoms with Gasteiger partial charge in [0.1, 0.15) is 4.83 Å². The second kappa shape index (κ2) is 6.49. The van der Waals surface area contributed by atoms with E-state index in [0.717, 1.165) is 12.8 Å². The van der Waals surface area contributed by atoms with E-state index in [-0.39, 0.29) is 30.5 Å². The maximum absolute atomic E-state index is 12.2. The van der Waals surface area contributed by atoms with Crippen LogP contribution in [-0.4, -0.2) is 33.6 Å². The van der Waals surface area contributed by atoms with Crippen LogP contribution in [0.3, 0.4) is 0 Å². The van der Waals surface area contributed by atoms with Crippen LogP contribution in [0.5, 0.6) is 0 Å². The van der Waals surface area contributed by atoms with E-state index in [1.54, 1.807) is 18.4 Å². The highest BCUT2D eigenvalue weighted by molar-refractivity contribution is 7.16. The first-order valence-electron chi connectivity index (χ1n) is 7.47. The molecule has 0 aliphatic heterocycles. The first-order valence-corrected chi connectivity index (χ1v) is 8.35. The number of esters is 1. The number of ether oxygens (including phenoxy) is 1. The summed E-state index contributed by atoms with van der Waals surface area (Å²) >= 11 is 1.40. The number of aromatic nitrogens is 2. The summed E-state index contributed by atoms with van der Waals surface area (Å²) in [5.41, 5.74) is -0.177. The van der Waals surface area contributed by atoms with Crippen molar-refractivity contribution in [1.29, 1.82) is 0 Å². The van der Waals surface area contributed by atoms with Gasteiger partial charge in [0.05, 0.1) is 18.1 Å². The molecule has 1 saturated carbocycles. The molecule has 2 heterocycles. The fourth-order valence-corrected chi connectivity index (χ4v) is 2.84. The minimum atomic E-state index is -0.822. The van der Waals surface area contributed by atoms with Gasteiger partial charge in [-0.1, -0.05) is 0 Å². The van der Waals surface area contributed by atoms with Crippen LogP contribution in [0.1, 0.15) is 26.2 Å². The number of hydrogen-bond acceptors (Lipinski definition) is 6. The lowest BCUT2D eigenvalue weighted by Crippen LogP contribution is -2.37. The number of rotatable bonds is 6. The summed E-state index contributed by atoms with van der Waals surface area (Å²) < 4.78 is 6.47. The Balaban J connectivity index is 1.54. The second-order valence-corrected chi connectivity index (χ2v) is 6.44. The van der Waals surface area contributed by atoms with E-state index < -0.39 is 12.1 Å². The molecule has 8 heteroatoms. The Morgan fingerprint density at radius 3 is 3.04 bits per heavy atom. The number of aryl methyl sites for hydroxylation is 1. The van der Waals surface area contributed by atoms with Gasteiger partial charge in [0, 0.05) is 12.6 Å². The molecule has 1 N–H and O–H groups in total. The van der Waals surface area contributed by atoms with Crippen LogP contribution in [-0.2, 0) is 20.9 Å². The van der Waals surface area contributed by atoms with Crippen molar-refractivity contribution in [3.05, 3.63) is 28.1 Å². The van der Waals surface area contributed by atoms with Gasteiger partial charge in [-0.15, -0.1) is 11.3 Å². The molecule has 1 aliphatic rings. The molecule has 1 fully saturated rings. The third-order valence-electron chi connectivity index (χ3n) is 3.61. The van der Waals surface area contributed by atoms with Gasteiger partial charge in [-0.2, -0.15) is 0 Å². The van der Waals surface area contributed by atoms with Crippen LogP contribution in [0.2, 0.25) is 0 Å². The van der Waals surface area contributed by atoms with Crippen LogP contribution in [0.4, 0.5) is 0 Å². The Morgan fingerprint density at radius 1 is 1.52 bits per heavy atom. The highest BCUT2D eigenvalue weighted by Gasteiger charge is 2.27. The zero-order chi connectivity index (χ0) is 16.4. The number of carbonyl (C=O) groups is 2. The monoisotopic (exact) mass is 335 g/mol. The fourth-order valence-electron chi connectivity index (χ4n) is 2.12. The molecule has 0 spiro atoms. The maximum atomic E-state index is 12.2. The molecule has 0 saturated heterocycles. The summed E-state index contributed by atoms with van der Waals surface area (Å²) in [4.78, 5) is 40.6. The summed E-state index contributed by atoms with van der Waals surface area (Å²) in [6.45, 7) is 1.72. The highest BCUT2D eigenvalue weighted by atomic mass is 32.1. The Bertz CT molecular complexity index is 793. The number of nitrogens with one attached hydrogen (secondary N) is 1. The minimum Gasteiger partial charge on any atom is -0.452 e. The molecule has 0 aromatic carbocycles. The SMILES string of the molecule is C[C@H](OC(=O)CCn1cnc2sccc2c1=O)C(=O)NC1CC1. The van der Waals surface area contributed by atoms with Gasteiger partial charge in [-0.3, -0.25) is 19.0 Å². The van der Waals surface area contributed by atoms with E-state index in [2.05, 4.69) is 10.3 Å². The summed E-state index contributed by atoms with van der Waals surface area (Å²) in [6, 6.07) is 1.94. The molecule has 0 unspecified atom stereocenters. The van der Waals surface area contributed by atoms with Gasteiger partial charge in [0.25, 0.3) is 11.5 Å². The number of thiophene rings is 1. The molecule has 0 radical (unpaired) electrons. The van der Waals surface area contributed by atoms with E-state index in [0.29, 0.717) is 10.2 Å². The highest BCUT2D eigenvalue weighted by Crippen LogP contribution is 2.18. The van der Waals surface area contributed by atoms with Crippen molar-refractivity contribution >= 4 is 33.4 Å². The second-order valence-electron chi connectivity index (χ2n) is 5.55. The van der Waals surface area contributed by atoms with Crippen LogP contribution in [0.25, 0.3) is 10.2 Å². The van der Waals surface area contributed by atoms with Crippen molar-refractivity contribution in [2.24, 2.45) is 0 Å². The van der Waals surface area contributed by atoms with E-state index in [9.17, 15) is 14.4 Å². The molecule has 122 valence electrons. The molecule has 2 aromatic rings. The molecule has 0 bridgehead atoms. The van der Waals surface area contributed by atoms with Crippen LogP contribution >= 0.6 is 11.3 Å². The number of hydrogen-bond donors (Lipinski definition) is 1. The Morgan fingerprint density at radius 2 is 2.30 bits per heavy atom. The predicted octanol–water partition coefficient (Wildman–Crippen LogP) is 1.06. The molecular formula is C15H17N3O4S. The van der Waals surface area contributed by atoms with E-state index in [1.807, 2.05) is 0 Å². The molecule has 1 atom stereocenters. The normalized spacial score (nSPS) is 15.3. The lowest BCUT2D eigenvalue weighted by molar-refractivity contribution is -0.155. The topological polar surface area (TPSA) is 90.3 Å². The third kappa shape index (κ3) is 3.76. The first-order chi connectivity index (χ1) is 11.0. The third-order valence-corrected chi connectivity index (χ3v) is 4.43. The zero-order valence-corrected chi connectivity index (χ0v) is 13.5. The van der Waals surface area contributed by atoms with E-state index in [1.165, 1.54) is 22.2 Å². The average molecular weight is 335 g/mol. The molecule has 23 heavy (non-hydrogen) atoms. The number of nitrogens with zero attached hydrogens (tertiary/aromatic N) is 2. The van der Waals surface area contributed by atoms with Crippen LogP contribution in [0.15, 0.2) is 22.6 Å². The molecule has 3 rings (SSSR count). The standard InChI is InChI=1S/C15H17N3O4S/c1-9(13(20)17-10-2-3-10)22-12(19)4-6-18-8-16-14-11(15(18)21)5-7-23-14/h5,7-10H,2-4,6H2,1H3,(H,17,20)/t9-/m0/s1. The lowest BCUT2D eigenvalue weighted by atomic mass is 10.3. The summed E-state index contributed by atoms with van der Waals surface area (Å²) in [6.07, 6.45) is 2.58. The van der Waals surface area contributed by atoms with E-state index in [4.69, 9.17) is 4.74 Å². The Labute approximate surface area is 136 Å². The van der Waals surface area contributed by atoms with Crippen molar-refractivity contribution in [2.45, 2.75) is 44.9 Å². The Kier molecular flexibility index (Phi) is 4.42. The van der Waals surface area contributed by atoms with Crippen molar-refractivity contribution in [3.63, 3.8) is 0 Å². The predicted molar refractivity (Wildman–Crippen MR) is 85.2 cm³/mol. The molecular weight excluding hydrogens is 318 g/mol. The molecule has 2 aromatic heterocycles. The zero-order valence-electron chi connectivity index (χ0n) is 12.7. The minimum absolute atomic E-state index is 0.0122. The van der Waals surface area contributed by atoms with Gasteiger partial charge in [0.2, 0.25) is 0 Å². The van der Waals surface area contributed by atoms with Gasteiger partial charge in [0.15, 0.2) is 6.10 Å². The van der Waals surface area contributed by atoms with Gasteiger partial charge in [-0.05, 0) is 31.2 Å². The van der Waals surface area contributed by atoms with Crippen LogP contribution in [0, 0.1) is 0 Å². The largest absolute Gasteiger partial charge is 0.452 e. The van der Waals surface area contributed by atoms with Crippen molar-refractivity contribution < 1.29 is 14.3 Å². The maximum Gasteiger partial charge on any atom is 0.308 e. The smallest absolute Gasteiger partial charge is 0.308 e. The average Bonchev–Trinajstić information content (AvgIpc) is 3.19. The van der Waals surface area contributed by atoms with Gasteiger partial charge < -0.3 is 10.1 Å². The van der Waals surface area contributed by atoms with E-state index >= 15 is 0 Å². The number of amides is 1. The summed E-state index contributed by atoms with van der Waals surface area (Å²) in [5, 5.41) is 5.13. The molecule has 1 amide bonds. The van der Waals surface area contributed by atoms with Crippen molar-refractivity contribution in [3.8, 4) is 0 Å². The summed E-state index contributed by atoms with van der Waals surface area (Å²) in [7, 11) is 0. The lowest BCUT2D eigenvalue weighted by Gasteiger charge is -2.13. The fraction of sp³-hybridized carbons (Fsp3) is 0.467. The van der Waals surface area contributed by atoms with Gasteiger partial charge in [-0.25, -0.2) is 4.98 Å². The number of fused-ring (bicyclic) bond motifs is 1. The van der Waals surface area contributed by atoms with Crippen molar-refractivity contribution in [2.75, 3.05) is 0 Å². The molecule has 1 aliphatic carbocycles. The summed E-state index contributed by atoms with van der Waals surface area (Å²) in [5.74, 6) is -0.792. The quantitative estimate of drug-likeness (QED) is 0.797. The Hall–Kier alpha value is -2.22. The van der Waals surface area contributed by atoms with Crippen molar-refractivity contribution in [1.82, 2.24) is 14.9 Å². The van der Waals surface area contributed by atoms with Crippen LogP contribution < -0.4 is 10.9 Å². The molecule has 7 nitrogen and oxygen atoms in total. The first kappa shape index (κ1) is 15.7. The number of carbonyl (C=O) groups excluding carboxylic acids is 2. The van der Waals surface area contributed by atoms with Gasteiger partial charge >= 0.3 is 5.97 Å².